The molecule has 1 N–H and O–H groups in total. The van der Waals surface area contributed by atoms with Gasteiger partial charge in [0.15, 0.2) is 0 Å². The van der Waals surface area contributed by atoms with Crippen molar-refractivity contribution in [3.05, 3.63) is 82.6 Å². The van der Waals surface area contributed by atoms with Gasteiger partial charge in [-0.2, -0.15) is 0 Å². The second-order valence-corrected chi connectivity index (χ2v) is 6.11. The zero-order valence-electron chi connectivity index (χ0n) is 13.5. The van der Waals surface area contributed by atoms with Gasteiger partial charge in [-0.15, -0.1) is 0 Å². The van der Waals surface area contributed by atoms with Gasteiger partial charge < -0.3 is 5.32 Å². The van der Waals surface area contributed by atoms with Crippen LogP contribution in [0.15, 0.2) is 60.9 Å². The summed E-state index contributed by atoms with van der Waals surface area (Å²) in [5.41, 5.74) is 5.36. The van der Waals surface area contributed by atoms with Gasteiger partial charge in [-0.3, -0.25) is 9.78 Å². The van der Waals surface area contributed by atoms with E-state index in [0.29, 0.717) is 10.6 Å². The van der Waals surface area contributed by atoms with E-state index in [1.165, 1.54) is 0 Å². The number of hydrogen-bond donors (Lipinski definition) is 1. The number of carbonyl (C=O) groups is 1. The number of benzene rings is 2. The summed E-state index contributed by atoms with van der Waals surface area (Å²) in [5.74, 6) is -0.142. The lowest BCUT2D eigenvalue weighted by Gasteiger charge is -2.09. The molecule has 3 aromatic rings. The summed E-state index contributed by atoms with van der Waals surface area (Å²) >= 11 is 6.28. The summed E-state index contributed by atoms with van der Waals surface area (Å²) < 4.78 is 0. The number of nitrogens with zero attached hydrogens (tertiary/aromatic N) is 1. The van der Waals surface area contributed by atoms with E-state index in [1.54, 1.807) is 18.5 Å². The number of halogens is 1. The van der Waals surface area contributed by atoms with E-state index in [2.05, 4.69) is 16.4 Å². The maximum absolute atomic E-state index is 12.3. The van der Waals surface area contributed by atoms with E-state index in [9.17, 15) is 4.79 Å². The fourth-order valence-corrected chi connectivity index (χ4v) is 2.75. The summed E-state index contributed by atoms with van der Waals surface area (Å²) in [7, 11) is 0. The zero-order valence-corrected chi connectivity index (χ0v) is 14.3. The van der Waals surface area contributed by atoms with Gasteiger partial charge >= 0.3 is 0 Å². The number of rotatable bonds is 3. The Bertz CT molecular complexity index is 888. The van der Waals surface area contributed by atoms with Gasteiger partial charge in [0.2, 0.25) is 0 Å². The summed E-state index contributed by atoms with van der Waals surface area (Å²) in [6, 6.07) is 15.3. The number of hydrogen-bond acceptors (Lipinski definition) is 2. The predicted molar refractivity (Wildman–Crippen MR) is 98.6 cm³/mol. The van der Waals surface area contributed by atoms with E-state index in [-0.39, 0.29) is 5.91 Å². The Morgan fingerprint density at radius 3 is 2.50 bits per heavy atom. The Morgan fingerprint density at radius 1 is 1.04 bits per heavy atom. The van der Waals surface area contributed by atoms with Gasteiger partial charge in [0.05, 0.1) is 0 Å². The maximum atomic E-state index is 12.3. The first-order chi connectivity index (χ1) is 11.5. The second-order valence-electron chi connectivity index (χ2n) is 5.71. The van der Waals surface area contributed by atoms with Crippen molar-refractivity contribution in [3.63, 3.8) is 0 Å². The Balaban J connectivity index is 1.81. The number of pyridine rings is 1. The molecular formula is C20H17ClN2O. The topological polar surface area (TPSA) is 42.0 Å². The minimum absolute atomic E-state index is 0.142. The molecule has 0 bridgehead atoms. The molecule has 1 aromatic heterocycles. The number of amides is 1. The standard InChI is InChI=1S/C20H17ClN2O/c1-13-3-8-19(21)18(11-13)15-4-6-16(7-5-15)23-20(24)17-9-10-22-12-14(17)2/h3-12H,1-2H3,(H,23,24). The number of carbonyl (C=O) groups excluding carboxylic acids is 1. The van der Waals surface area contributed by atoms with Crippen LogP contribution in [0.5, 0.6) is 0 Å². The quantitative estimate of drug-likeness (QED) is 0.707. The van der Waals surface area contributed by atoms with E-state index in [1.807, 2.05) is 50.2 Å². The molecule has 1 amide bonds. The van der Waals surface area contributed by atoms with Gasteiger partial charge in [0.25, 0.3) is 5.91 Å². The summed E-state index contributed by atoms with van der Waals surface area (Å²) in [5, 5.41) is 3.62. The first-order valence-electron chi connectivity index (χ1n) is 7.63. The molecule has 0 aliphatic heterocycles. The minimum Gasteiger partial charge on any atom is -0.322 e. The first-order valence-corrected chi connectivity index (χ1v) is 8.01. The smallest absolute Gasteiger partial charge is 0.256 e. The van der Waals surface area contributed by atoms with Gasteiger partial charge in [-0.05, 0) is 55.3 Å². The van der Waals surface area contributed by atoms with Crippen LogP contribution in [-0.4, -0.2) is 10.9 Å². The van der Waals surface area contributed by atoms with Crippen molar-refractivity contribution in [1.82, 2.24) is 4.98 Å². The average molecular weight is 337 g/mol. The maximum Gasteiger partial charge on any atom is 0.256 e. The summed E-state index contributed by atoms with van der Waals surface area (Å²) in [6.45, 7) is 3.90. The molecule has 3 rings (SSSR count). The molecular weight excluding hydrogens is 320 g/mol. The monoisotopic (exact) mass is 336 g/mol. The fraction of sp³-hybridized carbons (Fsp3) is 0.100. The molecule has 120 valence electrons. The van der Waals surface area contributed by atoms with Crippen LogP contribution in [0.3, 0.4) is 0 Å². The van der Waals surface area contributed by atoms with Crippen LogP contribution < -0.4 is 5.32 Å². The molecule has 0 unspecified atom stereocenters. The molecule has 0 aliphatic rings. The SMILES string of the molecule is Cc1ccc(Cl)c(-c2ccc(NC(=O)c3ccncc3C)cc2)c1. The third kappa shape index (κ3) is 3.47. The highest BCUT2D eigenvalue weighted by Gasteiger charge is 2.09. The largest absolute Gasteiger partial charge is 0.322 e. The lowest BCUT2D eigenvalue weighted by atomic mass is 10.0. The van der Waals surface area contributed by atoms with Crippen LogP contribution >= 0.6 is 11.6 Å². The van der Waals surface area contributed by atoms with Crippen LogP contribution in [0.1, 0.15) is 21.5 Å². The van der Waals surface area contributed by atoms with Crippen LogP contribution in [0.4, 0.5) is 5.69 Å². The normalized spacial score (nSPS) is 10.5. The highest BCUT2D eigenvalue weighted by atomic mass is 35.5. The molecule has 0 saturated heterocycles. The molecule has 1 heterocycles. The van der Waals surface area contributed by atoms with E-state index in [4.69, 9.17) is 11.6 Å². The molecule has 0 radical (unpaired) electrons. The first kappa shape index (κ1) is 16.2. The third-order valence-corrected chi connectivity index (χ3v) is 4.17. The van der Waals surface area contributed by atoms with Gasteiger partial charge in [-0.25, -0.2) is 0 Å². The number of aromatic nitrogens is 1. The lowest BCUT2D eigenvalue weighted by Crippen LogP contribution is -2.13. The Labute approximate surface area is 146 Å². The Hall–Kier alpha value is -2.65. The van der Waals surface area contributed by atoms with Gasteiger partial charge in [-0.1, -0.05) is 35.4 Å². The zero-order chi connectivity index (χ0) is 17.1. The Morgan fingerprint density at radius 2 is 1.79 bits per heavy atom. The molecule has 0 atom stereocenters. The molecule has 2 aromatic carbocycles. The molecule has 3 nitrogen and oxygen atoms in total. The highest BCUT2D eigenvalue weighted by molar-refractivity contribution is 6.33. The van der Waals surface area contributed by atoms with Gasteiger partial charge in [0, 0.05) is 34.2 Å². The van der Waals surface area contributed by atoms with E-state index >= 15 is 0 Å². The van der Waals surface area contributed by atoms with Crippen molar-refractivity contribution in [1.29, 1.82) is 0 Å². The van der Waals surface area contributed by atoms with Crippen molar-refractivity contribution in [2.24, 2.45) is 0 Å². The molecule has 0 spiro atoms. The Kier molecular flexibility index (Phi) is 4.63. The van der Waals surface area contributed by atoms with Crippen molar-refractivity contribution in [2.45, 2.75) is 13.8 Å². The van der Waals surface area contributed by atoms with E-state index in [0.717, 1.165) is 27.9 Å². The molecule has 4 heteroatoms. The van der Waals surface area contributed by atoms with Crippen molar-refractivity contribution in [2.75, 3.05) is 5.32 Å². The van der Waals surface area contributed by atoms with Crippen molar-refractivity contribution in [3.8, 4) is 11.1 Å². The van der Waals surface area contributed by atoms with Crippen molar-refractivity contribution < 1.29 is 4.79 Å². The van der Waals surface area contributed by atoms with Crippen LogP contribution in [0.2, 0.25) is 5.02 Å². The third-order valence-electron chi connectivity index (χ3n) is 3.84. The van der Waals surface area contributed by atoms with Gasteiger partial charge in [0.1, 0.15) is 0 Å². The molecule has 0 aliphatic carbocycles. The lowest BCUT2D eigenvalue weighted by molar-refractivity contribution is 0.102. The summed E-state index contributed by atoms with van der Waals surface area (Å²) in [6.07, 6.45) is 3.29. The van der Waals surface area contributed by atoms with Crippen molar-refractivity contribution >= 4 is 23.2 Å². The summed E-state index contributed by atoms with van der Waals surface area (Å²) in [4.78, 5) is 16.3. The highest BCUT2D eigenvalue weighted by Crippen LogP contribution is 2.29. The van der Waals surface area contributed by atoms with Crippen LogP contribution in [0.25, 0.3) is 11.1 Å². The number of anilines is 1. The van der Waals surface area contributed by atoms with E-state index < -0.39 is 0 Å². The molecule has 0 fully saturated rings. The predicted octanol–water partition coefficient (Wildman–Crippen LogP) is 5.27. The minimum atomic E-state index is -0.142. The second kappa shape index (κ2) is 6.85. The molecule has 0 saturated carbocycles. The van der Waals surface area contributed by atoms with Crippen LogP contribution in [0, 0.1) is 13.8 Å². The number of aryl methyl sites for hydroxylation is 2. The number of nitrogens with one attached hydrogen (secondary N) is 1. The average Bonchev–Trinajstić information content (AvgIpc) is 2.58. The molecule has 24 heavy (non-hydrogen) atoms. The van der Waals surface area contributed by atoms with Crippen LogP contribution in [-0.2, 0) is 0 Å². The fourth-order valence-electron chi connectivity index (χ4n) is 2.52.